The molecule has 2 rings (SSSR count). The van der Waals surface area contributed by atoms with Gasteiger partial charge in [-0.3, -0.25) is 0 Å². The molecule has 0 radical (unpaired) electrons. The fourth-order valence-corrected chi connectivity index (χ4v) is 1.60. The van der Waals surface area contributed by atoms with E-state index in [-0.39, 0.29) is 24.4 Å². The van der Waals surface area contributed by atoms with Gasteiger partial charge in [0.2, 0.25) is 11.7 Å². The standard InChI is InChI=1S/C10H12F3N3O2/c11-10(12,13)9-15-7(14)4-8(16-9)18-5-6-2-1-3-17-6/h4,6H,1-3,5H2,(H2,14,15,16). The number of aromatic nitrogens is 2. The molecule has 1 atom stereocenters. The zero-order valence-corrected chi connectivity index (χ0v) is 9.41. The third kappa shape index (κ3) is 3.22. The predicted octanol–water partition coefficient (Wildman–Crippen LogP) is 1.64. The van der Waals surface area contributed by atoms with E-state index in [0.717, 1.165) is 18.9 Å². The lowest BCUT2D eigenvalue weighted by atomic mass is 10.2. The van der Waals surface area contributed by atoms with Gasteiger partial charge in [0, 0.05) is 12.7 Å². The summed E-state index contributed by atoms with van der Waals surface area (Å²) in [5.41, 5.74) is 5.28. The van der Waals surface area contributed by atoms with Crippen molar-refractivity contribution in [2.24, 2.45) is 0 Å². The molecule has 0 bridgehead atoms. The third-order valence-corrected chi connectivity index (χ3v) is 2.42. The van der Waals surface area contributed by atoms with Crippen LogP contribution in [0.2, 0.25) is 0 Å². The predicted molar refractivity (Wildman–Crippen MR) is 55.9 cm³/mol. The summed E-state index contributed by atoms with van der Waals surface area (Å²) >= 11 is 0. The molecule has 1 aliphatic heterocycles. The van der Waals surface area contributed by atoms with Crippen LogP contribution >= 0.6 is 0 Å². The maximum absolute atomic E-state index is 12.4. The van der Waals surface area contributed by atoms with Crippen molar-refractivity contribution in [2.75, 3.05) is 18.9 Å². The van der Waals surface area contributed by atoms with Gasteiger partial charge in [-0.2, -0.15) is 18.2 Å². The van der Waals surface area contributed by atoms with Gasteiger partial charge in [0.15, 0.2) is 0 Å². The Balaban J connectivity index is 2.05. The summed E-state index contributed by atoms with van der Waals surface area (Å²) in [4.78, 5) is 6.39. The molecule has 18 heavy (non-hydrogen) atoms. The number of nitrogens with zero attached hydrogens (tertiary/aromatic N) is 2. The Morgan fingerprint density at radius 1 is 1.44 bits per heavy atom. The molecule has 1 saturated heterocycles. The van der Waals surface area contributed by atoms with Gasteiger partial charge in [-0.1, -0.05) is 0 Å². The molecular formula is C10H12F3N3O2. The van der Waals surface area contributed by atoms with E-state index >= 15 is 0 Å². The number of hydrogen-bond acceptors (Lipinski definition) is 5. The third-order valence-electron chi connectivity index (χ3n) is 2.42. The molecule has 8 heteroatoms. The highest BCUT2D eigenvalue weighted by molar-refractivity contribution is 5.33. The maximum Gasteiger partial charge on any atom is 0.451 e. The van der Waals surface area contributed by atoms with E-state index in [0.29, 0.717) is 6.61 Å². The summed E-state index contributed by atoms with van der Waals surface area (Å²) in [6, 6.07) is 1.16. The highest BCUT2D eigenvalue weighted by atomic mass is 19.4. The summed E-state index contributed by atoms with van der Waals surface area (Å²) in [6.07, 6.45) is -2.99. The normalized spacial score (nSPS) is 20.1. The van der Waals surface area contributed by atoms with Crippen molar-refractivity contribution in [3.63, 3.8) is 0 Å². The van der Waals surface area contributed by atoms with E-state index < -0.39 is 12.0 Å². The van der Waals surface area contributed by atoms with Crippen LogP contribution in [0, 0.1) is 0 Å². The molecule has 5 nitrogen and oxygen atoms in total. The van der Waals surface area contributed by atoms with Gasteiger partial charge in [-0.05, 0) is 12.8 Å². The zero-order valence-electron chi connectivity index (χ0n) is 9.41. The first-order valence-corrected chi connectivity index (χ1v) is 5.41. The second kappa shape index (κ2) is 4.97. The van der Waals surface area contributed by atoms with Gasteiger partial charge in [0.25, 0.3) is 0 Å². The Labute approximate surface area is 101 Å². The molecule has 0 spiro atoms. The minimum atomic E-state index is -4.64. The van der Waals surface area contributed by atoms with Crippen molar-refractivity contribution < 1.29 is 22.6 Å². The minimum Gasteiger partial charge on any atom is -0.475 e. The van der Waals surface area contributed by atoms with E-state index in [1.165, 1.54) is 0 Å². The van der Waals surface area contributed by atoms with Gasteiger partial charge in [0.1, 0.15) is 12.4 Å². The molecule has 1 unspecified atom stereocenters. The Hall–Kier alpha value is -1.57. The number of ether oxygens (including phenoxy) is 2. The average molecular weight is 263 g/mol. The fraction of sp³-hybridized carbons (Fsp3) is 0.600. The van der Waals surface area contributed by atoms with Crippen molar-refractivity contribution in [2.45, 2.75) is 25.1 Å². The van der Waals surface area contributed by atoms with E-state index in [1.807, 2.05) is 0 Å². The number of alkyl halides is 3. The lowest BCUT2D eigenvalue weighted by Gasteiger charge is -2.12. The van der Waals surface area contributed by atoms with Gasteiger partial charge >= 0.3 is 6.18 Å². The fourth-order valence-electron chi connectivity index (χ4n) is 1.60. The molecular weight excluding hydrogens is 251 g/mol. The number of hydrogen-bond donors (Lipinski definition) is 1. The Kier molecular flexibility index (Phi) is 3.55. The Bertz CT molecular complexity index is 419. The largest absolute Gasteiger partial charge is 0.475 e. The van der Waals surface area contributed by atoms with Gasteiger partial charge in [-0.25, -0.2) is 4.98 Å². The summed E-state index contributed by atoms with van der Waals surface area (Å²) in [7, 11) is 0. The van der Waals surface area contributed by atoms with Crippen molar-refractivity contribution in [3.8, 4) is 5.88 Å². The van der Waals surface area contributed by atoms with Crippen LogP contribution < -0.4 is 10.5 Å². The number of nitrogen functional groups attached to an aromatic ring is 1. The van der Waals surface area contributed by atoms with Crippen molar-refractivity contribution in [3.05, 3.63) is 11.9 Å². The van der Waals surface area contributed by atoms with Gasteiger partial charge in [0.05, 0.1) is 6.10 Å². The van der Waals surface area contributed by atoms with Crippen LogP contribution in [0.4, 0.5) is 19.0 Å². The summed E-state index contributed by atoms with van der Waals surface area (Å²) in [5, 5.41) is 0. The van der Waals surface area contributed by atoms with Crippen LogP contribution in [0.1, 0.15) is 18.7 Å². The summed E-state index contributed by atoms with van der Waals surface area (Å²) < 4.78 is 47.7. The smallest absolute Gasteiger partial charge is 0.451 e. The number of halogens is 3. The zero-order chi connectivity index (χ0) is 13.2. The lowest BCUT2D eigenvalue weighted by molar-refractivity contribution is -0.145. The van der Waals surface area contributed by atoms with Crippen molar-refractivity contribution in [1.29, 1.82) is 0 Å². The van der Waals surface area contributed by atoms with Crippen LogP contribution in [0.25, 0.3) is 0 Å². The summed E-state index contributed by atoms with van der Waals surface area (Å²) in [6.45, 7) is 0.807. The monoisotopic (exact) mass is 263 g/mol. The SMILES string of the molecule is Nc1cc(OCC2CCCO2)nc(C(F)(F)F)n1. The number of anilines is 1. The molecule has 1 aromatic heterocycles. The molecule has 0 aliphatic carbocycles. The second-order valence-electron chi connectivity index (χ2n) is 3.90. The van der Waals surface area contributed by atoms with Gasteiger partial charge in [-0.15, -0.1) is 0 Å². The van der Waals surface area contributed by atoms with E-state index in [1.54, 1.807) is 0 Å². The molecule has 1 aliphatic rings. The molecule has 1 aromatic rings. The van der Waals surface area contributed by atoms with Gasteiger partial charge < -0.3 is 15.2 Å². The van der Waals surface area contributed by atoms with Crippen LogP contribution in [-0.4, -0.2) is 29.3 Å². The molecule has 0 saturated carbocycles. The van der Waals surface area contributed by atoms with Crippen LogP contribution in [0.3, 0.4) is 0 Å². The molecule has 100 valence electrons. The van der Waals surface area contributed by atoms with E-state index in [9.17, 15) is 13.2 Å². The maximum atomic E-state index is 12.4. The molecule has 0 aromatic carbocycles. The Morgan fingerprint density at radius 3 is 2.83 bits per heavy atom. The van der Waals surface area contributed by atoms with E-state index in [4.69, 9.17) is 15.2 Å². The highest BCUT2D eigenvalue weighted by Gasteiger charge is 2.35. The highest BCUT2D eigenvalue weighted by Crippen LogP contribution is 2.28. The molecule has 1 fully saturated rings. The lowest BCUT2D eigenvalue weighted by Crippen LogP contribution is -2.18. The number of rotatable bonds is 3. The topological polar surface area (TPSA) is 70.3 Å². The Morgan fingerprint density at radius 2 is 2.22 bits per heavy atom. The average Bonchev–Trinajstić information content (AvgIpc) is 2.77. The second-order valence-corrected chi connectivity index (χ2v) is 3.90. The number of nitrogens with two attached hydrogens (primary N) is 1. The van der Waals surface area contributed by atoms with Crippen LogP contribution in [0.5, 0.6) is 5.88 Å². The minimum absolute atomic E-state index is 0.101. The first-order chi connectivity index (χ1) is 8.45. The molecule has 0 amide bonds. The van der Waals surface area contributed by atoms with Crippen LogP contribution in [0.15, 0.2) is 6.07 Å². The first kappa shape index (κ1) is 12.9. The quantitative estimate of drug-likeness (QED) is 0.897. The van der Waals surface area contributed by atoms with Crippen molar-refractivity contribution in [1.82, 2.24) is 9.97 Å². The molecule has 2 heterocycles. The van der Waals surface area contributed by atoms with E-state index in [2.05, 4.69) is 9.97 Å². The first-order valence-electron chi connectivity index (χ1n) is 5.41. The van der Waals surface area contributed by atoms with Crippen molar-refractivity contribution >= 4 is 5.82 Å². The molecule has 2 N–H and O–H groups in total. The summed E-state index contributed by atoms with van der Waals surface area (Å²) in [5.74, 6) is -1.77. The van der Waals surface area contributed by atoms with Crippen LogP contribution in [-0.2, 0) is 10.9 Å².